The molecule has 0 saturated carbocycles. The van der Waals surface area contributed by atoms with Gasteiger partial charge >= 0.3 is 6.09 Å². The van der Waals surface area contributed by atoms with E-state index in [2.05, 4.69) is 13.8 Å². The Morgan fingerprint density at radius 2 is 2.05 bits per heavy atom. The van der Waals surface area contributed by atoms with Gasteiger partial charge in [0.05, 0.1) is 18.8 Å². The van der Waals surface area contributed by atoms with E-state index in [1.165, 1.54) is 0 Å². The van der Waals surface area contributed by atoms with Crippen LogP contribution < -0.4 is 0 Å². The van der Waals surface area contributed by atoms with Gasteiger partial charge in [-0.15, -0.1) is 0 Å². The van der Waals surface area contributed by atoms with E-state index in [1.807, 2.05) is 20.8 Å². The van der Waals surface area contributed by atoms with Gasteiger partial charge in [-0.3, -0.25) is 0 Å². The highest BCUT2D eigenvalue weighted by molar-refractivity contribution is 5.69. The largest absolute Gasteiger partial charge is 0.444 e. The zero-order valence-electron chi connectivity index (χ0n) is 12.6. The molecule has 1 fully saturated rings. The van der Waals surface area contributed by atoms with Gasteiger partial charge in [-0.25, -0.2) is 4.79 Å². The molecule has 0 aliphatic carbocycles. The number of likely N-dealkylation sites (tertiary alicyclic amines) is 1. The SMILES string of the molecule is CC1(C)CCC(C(O)CO)N(C(=O)OC(C)(C)C)C1. The van der Waals surface area contributed by atoms with Crippen molar-refractivity contribution in [3.05, 3.63) is 0 Å². The molecule has 0 bridgehead atoms. The molecule has 5 heteroatoms. The smallest absolute Gasteiger partial charge is 0.410 e. The molecule has 0 aromatic heterocycles. The normalized spacial score (nSPS) is 25.0. The van der Waals surface area contributed by atoms with Gasteiger partial charge in [0.2, 0.25) is 0 Å². The Kier molecular flexibility index (Phi) is 4.85. The first-order chi connectivity index (χ1) is 8.56. The van der Waals surface area contributed by atoms with Crippen molar-refractivity contribution < 1.29 is 19.7 Å². The van der Waals surface area contributed by atoms with Gasteiger partial charge in [0.15, 0.2) is 0 Å². The van der Waals surface area contributed by atoms with Crippen molar-refractivity contribution >= 4 is 6.09 Å². The molecule has 0 aromatic rings. The first kappa shape index (κ1) is 16.2. The second kappa shape index (κ2) is 5.67. The van der Waals surface area contributed by atoms with Crippen LogP contribution in [-0.2, 0) is 4.74 Å². The van der Waals surface area contributed by atoms with Crippen LogP contribution in [0.25, 0.3) is 0 Å². The topological polar surface area (TPSA) is 70.0 Å². The average molecular weight is 273 g/mol. The van der Waals surface area contributed by atoms with E-state index in [0.29, 0.717) is 13.0 Å². The number of amides is 1. The van der Waals surface area contributed by atoms with Crippen LogP contribution >= 0.6 is 0 Å². The molecule has 0 spiro atoms. The minimum absolute atomic E-state index is 0.00256. The number of carbonyl (C=O) groups is 1. The molecule has 2 unspecified atom stereocenters. The molecule has 2 atom stereocenters. The summed E-state index contributed by atoms with van der Waals surface area (Å²) in [7, 11) is 0. The van der Waals surface area contributed by atoms with Crippen molar-refractivity contribution in [2.24, 2.45) is 5.41 Å². The summed E-state index contributed by atoms with van der Waals surface area (Å²) < 4.78 is 5.39. The number of hydrogen-bond acceptors (Lipinski definition) is 4. The van der Waals surface area contributed by atoms with Crippen molar-refractivity contribution in [2.75, 3.05) is 13.2 Å². The third-order valence-electron chi connectivity index (χ3n) is 3.37. The lowest BCUT2D eigenvalue weighted by atomic mass is 9.80. The van der Waals surface area contributed by atoms with Crippen molar-refractivity contribution in [3.63, 3.8) is 0 Å². The van der Waals surface area contributed by atoms with Gasteiger partial charge in [0.1, 0.15) is 5.60 Å². The van der Waals surface area contributed by atoms with Crippen LogP contribution in [0.3, 0.4) is 0 Å². The Morgan fingerprint density at radius 1 is 1.47 bits per heavy atom. The Morgan fingerprint density at radius 3 is 2.53 bits per heavy atom. The highest BCUT2D eigenvalue weighted by Gasteiger charge is 2.40. The van der Waals surface area contributed by atoms with Crippen molar-refractivity contribution in [2.45, 2.75) is 65.2 Å². The molecule has 2 N–H and O–H groups in total. The molecule has 5 nitrogen and oxygen atoms in total. The summed E-state index contributed by atoms with van der Waals surface area (Å²) in [5.74, 6) is 0. The summed E-state index contributed by atoms with van der Waals surface area (Å²) in [6, 6.07) is -0.368. The number of rotatable bonds is 2. The molecule has 1 saturated heterocycles. The Labute approximate surface area is 115 Å². The second-order valence-electron chi connectivity index (χ2n) is 7.13. The fraction of sp³-hybridized carbons (Fsp3) is 0.929. The third-order valence-corrected chi connectivity index (χ3v) is 3.37. The minimum atomic E-state index is -0.913. The van der Waals surface area contributed by atoms with Gasteiger partial charge in [0.25, 0.3) is 0 Å². The fourth-order valence-corrected chi connectivity index (χ4v) is 2.39. The zero-order chi connectivity index (χ0) is 14.8. The van der Waals surface area contributed by atoms with E-state index in [0.717, 1.165) is 6.42 Å². The molecular weight excluding hydrogens is 246 g/mol. The summed E-state index contributed by atoms with van der Waals surface area (Å²) >= 11 is 0. The first-order valence-corrected chi connectivity index (χ1v) is 6.84. The quantitative estimate of drug-likeness (QED) is 0.804. The lowest BCUT2D eigenvalue weighted by Crippen LogP contribution is -2.56. The minimum Gasteiger partial charge on any atom is -0.444 e. The van der Waals surface area contributed by atoms with Crippen LogP contribution in [-0.4, -0.2) is 52.1 Å². The molecule has 112 valence electrons. The van der Waals surface area contributed by atoms with Crippen LogP contribution in [0.2, 0.25) is 0 Å². The van der Waals surface area contributed by atoms with Crippen LogP contribution in [0.15, 0.2) is 0 Å². The molecule has 1 aliphatic rings. The maximum absolute atomic E-state index is 12.2. The monoisotopic (exact) mass is 273 g/mol. The lowest BCUT2D eigenvalue weighted by Gasteiger charge is -2.45. The first-order valence-electron chi connectivity index (χ1n) is 6.84. The summed E-state index contributed by atoms with van der Waals surface area (Å²) in [4.78, 5) is 13.8. The zero-order valence-corrected chi connectivity index (χ0v) is 12.6. The van der Waals surface area contributed by atoms with Gasteiger partial charge in [-0.2, -0.15) is 0 Å². The van der Waals surface area contributed by atoms with Crippen molar-refractivity contribution in [1.29, 1.82) is 0 Å². The van der Waals surface area contributed by atoms with E-state index >= 15 is 0 Å². The Hall–Kier alpha value is -0.810. The fourth-order valence-electron chi connectivity index (χ4n) is 2.39. The van der Waals surface area contributed by atoms with Crippen molar-refractivity contribution in [3.8, 4) is 0 Å². The standard InChI is InChI=1S/C14H27NO4/c1-13(2,3)19-12(18)15-9-14(4,5)7-6-10(15)11(17)8-16/h10-11,16-17H,6-9H2,1-5H3. The van der Waals surface area contributed by atoms with Crippen LogP contribution in [0, 0.1) is 5.41 Å². The van der Waals surface area contributed by atoms with Gasteiger partial charge < -0.3 is 19.8 Å². The third kappa shape index (κ3) is 4.66. The summed E-state index contributed by atoms with van der Waals surface area (Å²) in [5, 5.41) is 19.0. The predicted octanol–water partition coefficient (Wildman–Crippen LogP) is 1.77. The van der Waals surface area contributed by atoms with E-state index in [1.54, 1.807) is 4.90 Å². The van der Waals surface area contributed by atoms with Crippen LogP contribution in [0.1, 0.15) is 47.5 Å². The highest BCUT2D eigenvalue weighted by Crippen LogP contribution is 2.34. The number of nitrogens with zero attached hydrogens (tertiary/aromatic N) is 1. The summed E-state index contributed by atoms with van der Waals surface area (Å²) in [6.07, 6.45) is 0.253. The summed E-state index contributed by atoms with van der Waals surface area (Å²) in [5.41, 5.74) is -0.560. The Balaban J connectivity index is 2.85. The molecular formula is C14H27NO4. The maximum Gasteiger partial charge on any atom is 0.410 e. The number of piperidine rings is 1. The molecule has 1 amide bonds. The van der Waals surface area contributed by atoms with Gasteiger partial charge in [0, 0.05) is 6.54 Å². The predicted molar refractivity (Wildman–Crippen MR) is 72.8 cm³/mol. The maximum atomic E-state index is 12.2. The second-order valence-corrected chi connectivity index (χ2v) is 7.13. The summed E-state index contributed by atoms with van der Waals surface area (Å²) in [6.45, 7) is 9.82. The number of carbonyl (C=O) groups excluding carboxylic acids is 1. The molecule has 0 radical (unpaired) electrons. The lowest BCUT2D eigenvalue weighted by molar-refractivity contribution is -0.0486. The van der Waals surface area contributed by atoms with E-state index < -0.39 is 17.8 Å². The van der Waals surface area contributed by atoms with E-state index in [4.69, 9.17) is 9.84 Å². The number of hydrogen-bond donors (Lipinski definition) is 2. The number of ether oxygens (including phenoxy) is 1. The average Bonchev–Trinajstić information content (AvgIpc) is 2.24. The van der Waals surface area contributed by atoms with E-state index in [9.17, 15) is 9.90 Å². The highest BCUT2D eigenvalue weighted by atomic mass is 16.6. The molecule has 0 aromatic carbocycles. The van der Waals surface area contributed by atoms with Crippen LogP contribution in [0.4, 0.5) is 4.79 Å². The number of aliphatic hydroxyl groups is 2. The van der Waals surface area contributed by atoms with Gasteiger partial charge in [-0.05, 0) is 39.0 Å². The van der Waals surface area contributed by atoms with Gasteiger partial charge in [-0.1, -0.05) is 13.8 Å². The molecule has 19 heavy (non-hydrogen) atoms. The van der Waals surface area contributed by atoms with Crippen molar-refractivity contribution in [1.82, 2.24) is 4.90 Å². The molecule has 1 rings (SSSR count). The molecule has 1 heterocycles. The number of aliphatic hydroxyl groups excluding tert-OH is 2. The van der Waals surface area contributed by atoms with Crippen LogP contribution in [0.5, 0.6) is 0 Å². The molecule has 1 aliphatic heterocycles. The Bertz CT molecular complexity index is 322. The van der Waals surface area contributed by atoms with E-state index in [-0.39, 0.29) is 18.1 Å².